The van der Waals surface area contributed by atoms with Crippen LogP contribution in [0.1, 0.15) is 19.6 Å². The van der Waals surface area contributed by atoms with E-state index in [1.807, 2.05) is 0 Å². The molecule has 0 spiro atoms. The topological polar surface area (TPSA) is 207 Å². The molecule has 1 aromatic heterocycles. The molecule has 4 unspecified atom stereocenters. The maximum Gasteiger partial charge on any atom is 0.490 e. The number of nitrogens with one attached hydrogen (secondary N) is 1. The number of hydrogen-bond acceptors (Lipinski definition) is 9. The van der Waals surface area contributed by atoms with Crippen molar-refractivity contribution in [3.8, 4) is 0 Å². The molecule has 2 heterocycles. The summed E-state index contributed by atoms with van der Waals surface area (Å²) in [5, 5.41) is 0. The molecule has 1 aliphatic rings. The lowest BCUT2D eigenvalue weighted by molar-refractivity contribution is -0.0594. The van der Waals surface area contributed by atoms with E-state index in [4.69, 9.17) is 31.6 Å². The monoisotopic (exact) mass is 500 g/mol. The molecule has 1 saturated heterocycles. The number of rotatable bonds is 8. The van der Waals surface area contributed by atoms with Crippen LogP contribution >= 0.6 is 35.7 Å². The van der Waals surface area contributed by atoms with Crippen molar-refractivity contribution in [2.24, 2.45) is 0 Å². The van der Waals surface area contributed by atoms with Crippen LogP contribution in [0.4, 0.5) is 4.39 Å². The Labute approximate surface area is 166 Å². The number of alkyl halides is 1. The van der Waals surface area contributed by atoms with Gasteiger partial charge in [-0.25, -0.2) is 18.1 Å². The minimum Gasteiger partial charge on any atom is -0.349 e. The zero-order chi connectivity index (χ0) is 22.3. The van der Waals surface area contributed by atoms with Crippen LogP contribution in [-0.4, -0.2) is 47.5 Å². The van der Waals surface area contributed by atoms with E-state index in [1.54, 1.807) is 0 Å². The van der Waals surface area contributed by atoms with Crippen LogP contribution in [0.25, 0.3) is 0 Å². The van der Waals surface area contributed by atoms with Crippen molar-refractivity contribution in [2.45, 2.75) is 31.3 Å². The number of aromatic nitrogens is 2. The van der Waals surface area contributed by atoms with Gasteiger partial charge in [0.05, 0.1) is 12.7 Å². The second-order valence-electron chi connectivity index (χ2n) is 6.00. The van der Waals surface area contributed by atoms with Crippen LogP contribution in [-0.2, 0) is 31.6 Å². The van der Waals surface area contributed by atoms with Gasteiger partial charge in [-0.15, -0.1) is 0 Å². The molecule has 2 rings (SSSR count). The van der Waals surface area contributed by atoms with Gasteiger partial charge in [0.25, 0.3) is 5.56 Å². The molecule has 0 saturated carbocycles. The zero-order valence-electron chi connectivity index (χ0n) is 14.4. The number of aromatic amines is 1. The van der Waals surface area contributed by atoms with Gasteiger partial charge in [0.2, 0.25) is 0 Å². The summed E-state index contributed by atoms with van der Waals surface area (Å²) in [6, 6.07) is 1.08. The van der Waals surface area contributed by atoms with Gasteiger partial charge >= 0.3 is 23.5 Å². The minimum absolute atomic E-state index is 0.139. The Bertz CT molecular complexity index is 1020. The van der Waals surface area contributed by atoms with E-state index in [1.165, 1.54) is 6.20 Å². The molecule has 0 aliphatic carbocycles. The summed E-state index contributed by atoms with van der Waals surface area (Å²) in [5.41, 5.74) is -2.57. The molecule has 0 amide bonds. The van der Waals surface area contributed by atoms with Gasteiger partial charge in [-0.3, -0.25) is 18.9 Å². The van der Waals surface area contributed by atoms with Crippen molar-refractivity contribution < 1.29 is 55.5 Å². The first-order valence-corrected chi connectivity index (χ1v) is 12.4. The van der Waals surface area contributed by atoms with Crippen molar-refractivity contribution in [1.29, 1.82) is 0 Å². The summed E-state index contributed by atoms with van der Waals surface area (Å²) in [7, 11) is -16.5. The summed E-state index contributed by atoms with van der Waals surface area (Å²) in [5.74, 6) is 0. The first kappa shape index (κ1) is 24.7. The average Bonchev–Trinajstić information content (AvgIpc) is 2.76. The number of halogens is 1. The van der Waals surface area contributed by atoms with E-state index in [0.717, 1.165) is 17.6 Å². The Kier molecular flexibility index (Phi) is 7.23. The van der Waals surface area contributed by atoms with Gasteiger partial charge < -0.3 is 24.3 Å². The third kappa shape index (κ3) is 7.24. The van der Waals surface area contributed by atoms with E-state index < -0.39 is 53.6 Å². The van der Waals surface area contributed by atoms with Crippen molar-refractivity contribution in [1.82, 2.24) is 9.55 Å². The fourth-order valence-electron chi connectivity index (χ4n) is 2.46. The lowest BCUT2D eigenvalue weighted by Crippen LogP contribution is -2.29. The van der Waals surface area contributed by atoms with Crippen LogP contribution < -0.4 is 5.56 Å². The van der Waals surface area contributed by atoms with Crippen molar-refractivity contribution in [3.63, 3.8) is 0 Å². The molecule has 19 heteroatoms. The molecular formula is C10H16FN2O12P3S. The zero-order valence-corrected chi connectivity index (χ0v) is 17.9. The molecule has 0 aromatic carbocycles. The highest BCUT2D eigenvalue weighted by molar-refractivity contribution is 7.71. The molecule has 14 nitrogen and oxygen atoms in total. The molecule has 5 atom stereocenters. The fourth-order valence-corrected chi connectivity index (χ4v) is 5.77. The quantitative estimate of drug-likeness (QED) is 0.252. The summed E-state index contributed by atoms with van der Waals surface area (Å²) in [6.45, 7) is 0.339. The Balaban J connectivity index is 2.05. The van der Waals surface area contributed by atoms with E-state index in [0.29, 0.717) is 0 Å². The smallest absolute Gasteiger partial charge is 0.349 e. The fraction of sp³-hybridized carbons (Fsp3) is 0.600. The van der Waals surface area contributed by atoms with E-state index in [-0.39, 0.29) is 11.2 Å². The average molecular weight is 500 g/mol. The van der Waals surface area contributed by atoms with Crippen LogP contribution in [0.15, 0.2) is 17.1 Å². The van der Waals surface area contributed by atoms with Gasteiger partial charge in [0, 0.05) is 18.7 Å². The Morgan fingerprint density at radius 2 is 1.93 bits per heavy atom. The lowest BCUT2D eigenvalue weighted by Gasteiger charge is -2.23. The summed E-state index contributed by atoms with van der Waals surface area (Å²) < 4.78 is 66.3. The highest BCUT2D eigenvalue weighted by Gasteiger charge is 2.48. The van der Waals surface area contributed by atoms with Crippen molar-refractivity contribution >= 4 is 35.7 Å². The molecule has 0 radical (unpaired) electrons. The molecule has 1 aliphatic heterocycles. The van der Waals surface area contributed by atoms with E-state index in [9.17, 15) is 27.8 Å². The predicted octanol–water partition coefficient (Wildman–Crippen LogP) is 1.26. The van der Waals surface area contributed by atoms with Crippen molar-refractivity contribution in [2.75, 3.05) is 6.61 Å². The largest absolute Gasteiger partial charge is 0.490 e. The third-order valence-corrected chi connectivity index (χ3v) is 7.52. The minimum atomic E-state index is -5.66. The normalized spacial score (nSPS) is 29.3. The molecule has 29 heavy (non-hydrogen) atoms. The number of hydrogen-bond donors (Lipinski definition) is 5. The Morgan fingerprint density at radius 3 is 2.48 bits per heavy atom. The molecule has 5 N–H and O–H groups in total. The van der Waals surface area contributed by atoms with Crippen molar-refractivity contribution in [3.05, 3.63) is 27.4 Å². The molecular weight excluding hydrogens is 484 g/mol. The van der Waals surface area contributed by atoms with Crippen LogP contribution in [0.5, 0.6) is 0 Å². The highest BCUT2D eigenvalue weighted by atomic mass is 32.1. The number of H-pyrrole nitrogens is 1. The second kappa shape index (κ2) is 8.50. The first-order chi connectivity index (χ1) is 13.0. The molecule has 1 fully saturated rings. The van der Waals surface area contributed by atoms with Gasteiger partial charge in [-0.1, -0.05) is 0 Å². The van der Waals surface area contributed by atoms with Gasteiger partial charge in [-0.2, -0.15) is 8.62 Å². The number of phosphoric acid groups is 3. The second-order valence-corrected chi connectivity index (χ2v) is 10.8. The van der Waals surface area contributed by atoms with Gasteiger partial charge in [-0.05, 0) is 19.1 Å². The van der Waals surface area contributed by atoms with E-state index in [2.05, 4.69) is 18.1 Å². The van der Waals surface area contributed by atoms with Gasteiger partial charge in [0.1, 0.15) is 0 Å². The van der Waals surface area contributed by atoms with Crippen LogP contribution in [0.3, 0.4) is 0 Å². The number of ether oxygens (including phenoxy) is 1. The summed E-state index contributed by atoms with van der Waals surface area (Å²) in [6.07, 6.45) is -1.67. The molecule has 1 aromatic rings. The summed E-state index contributed by atoms with van der Waals surface area (Å²) in [4.78, 5) is 48.9. The maximum atomic E-state index is 14.9. The van der Waals surface area contributed by atoms with Crippen LogP contribution in [0, 0.1) is 4.77 Å². The third-order valence-electron chi connectivity index (χ3n) is 3.41. The highest BCUT2D eigenvalue weighted by Crippen LogP contribution is 2.66. The standard InChI is InChI=1S/C10H16FN2O12P3S/c1-10(11)4-6(23-8(10)13-3-2-7(14)12-9(13)29)5-22-27(18,19)25-28(20,21)24-26(15,16)17/h2-3,6,8H,4-5H2,1H3,(H,18,19)(H,20,21)(H,12,14,29)(H2,15,16,17)/t6?,8-,10?/m1/s1. The van der Waals surface area contributed by atoms with E-state index >= 15 is 0 Å². The Morgan fingerprint density at radius 1 is 1.31 bits per heavy atom. The number of nitrogens with zero attached hydrogens (tertiary/aromatic N) is 1. The Hall–Kier alpha value is -0.600. The SMILES string of the molecule is CC1(F)CC(COP(=O)(O)OP(=O)(O)OP(=O)(O)O)O[C@H]1n1ccc(=O)[nH]c1=S. The summed E-state index contributed by atoms with van der Waals surface area (Å²) >= 11 is 4.93. The molecule has 166 valence electrons. The lowest BCUT2D eigenvalue weighted by atomic mass is 10.0. The van der Waals surface area contributed by atoms with Crippen LogP contribution in [0.2, 0.25) is 0 Å². The molecule has 0 bridgehead atoms. The van der Waals surface area contributed by atoms with Gasteiger partial charge in [0.15, 0.2) is 16.7 Å². The number of phosphoric ester groups is 1. The first-order valence-electron chi connectivity index (χ1n) is 7.44. The maximum absolute atomic E-state index is 14.9. The predicted molar refractivity (Wildman–Crippen MR) is 93.7 cm³/mol.